The molecule has 0 bridgehead atoms. The Bertz CT molecular complexity index is 1050. The fourth-order valence-electron chi connectivity index (χ4n) is 2.86. The van der Waals surface area contributed by atoms with Crippen LogP contribution in [0.25, 0.3) is 11.1 Å². The zero-order valence-corrected chi connectivity index (χ0v) is 16.9. The van der Waals surface area contributed by atoms with Crippen LogP contribution in [0.4, 0.5) is 5.69 Å². The predicted molar refractivity (Wildman–Crippen MR) is 114 cm³/mol. The van der Waals surface area contributed by atoms with Gasteiger partial charge in [0.2, 0.25) is 0 Å². The molecule has 0 aliphatic carbocycles. The number of rotatable bonds is 6. The van der Waals surface area contributed by atoms with Crippen LogP contribution in [0.3, 0.4) is 0 Å². The molecule has 2 atom stereocenters. The molecule has 1 amide bonds. The van der Waals surface area contributed by atoms with Crippen LogP contribution in [0.5, 0.6) is 0 Å². The van der Waals surface area contributed by atoms with E-state index in [9.17, 15) is 13.8 Å². The van der Waals surface area contributed by atoms with Crippen LogP contribution in [0.15, 0.2) is 83.8 Å². The number of para-hydroxylation sites is 1. The number of anilines is 1. The van der Waals surface area contributed by atoms with Crippen molar-refractivity contribution < 1.29 is 18.5 Å². The van der Waals surface area contributed by atoms with Gasteiger partial charge in [-0.1, -0.05) is 60.7 Å². The molecule has 0 saturated carbocycles. The largest absolute Gasteiger partial charge is 0.449 e. The van der Waals surface area contributed by atoms with Crippen molar-refractivity contribution in [3.63, 3.8) is 0 Å². The fourth-order valence-corrected chi connectivity index (χ4v) is 3.59. The molecule has 0 radical (unpaired) electrons. The molecule has 3 aromatic rings. The second-order valence-electron chi connectivity index (χ2n) is 6.40. The van der Waals surface area contributed by atoms with E-state index in [1.807, 2.05) is 48.5 Å². The van der Waals surface area contributed by atoms with E-state index in [4.69, 9.17) is 4.74 Å². The molecule has 5 nitrogen and oxygen atoms in total. The van der Waals surface area contributed by atoms with Crippen LogP contribution in [0.2, 0.25) is 0 Å². The highest BCUT2D eigenvalue weighted by Gasteiger charge is 2.22. The smallest absolute Gasteiger partial charge is 0.340 e. The summed E-state index contributed by atoms with van der Waals surface area (Å²) in [6.07, 6.45) is 0.465. The van der Waals surface area contributed by atoms with Crippen LogP contribution in [0.1, 0.15) is 17.3 Å². The van der Waals surface area contributed by atoms with Gasteiger partial charge in [0.1, 0.15) is 0 Å². The molecule has 0 unspecified atom stereocenters. The first-order valence-corrected chi connectivity index (χ1v) is 10.6. The first kappa shape index (κ1) is 20.5. The van der Waals surface area contributed by atoms with Crippen molar-refractivity contribution in [3.8, 4) is 11.1 Å². The average molecular weight is 407 g/mol. The van der Waals surface area contributed by atoms with Crippen molar-refractivity contribution >= 4 is 28.4 Å². The maximum atomic E-state index is 12.6. The third kappa shape index (κ3) is 4.97. The van der Waals surface area contributed by atoms with Crippen LogP contribution < -0.4 is 5.32 Å². The normalized spacial score (nSPS) is 12.6. The molecular formula is C23H21NO4S. The van der Waals surface area contributed by atoms with Crippen LogP contribution >= 0.6 is 0 Å². The zero-order valence-electron chi connectivity index (χ0n) is 16.1. The highest BCUT2D eigenvalue weighted by atomic mass is 32.2. The second-order valence-corrected chi connectivity index (χ2v) is 7.75. The fraction of sp³-hybridized carbons (Fsp3) is 0.130. The summed E-state index contributed by atoms with van der Waals surface area (Å²) in [7, 11) is -1.34. The SMILES string of the molecule is C[C@@H](OC(=O)c1ccccc1[S@@](C)=O)C(=O)Nc1ccccc1-c1ccccc1. The summed E-state index contributed by atoms with van der Waals surface area (Å²) in [5.41, 5.74) is 2.65. The van der Waals surface area contributed by atoms with E-state index in [2.05, 4.69) is 5.32 Å². The van der Waals surface area contributed by atoms with Crippen molar-refractivity contribution in [1.29, 1.82) is 0 Å². The van der Waals surface area contributed by atoms with Gasteiger partial charge in [-0.2, -0.15) is 0 Å². The molecule has 3 rings (SSSR count). The summed E-state index contributed by atoms with van der Waals surface area (Å²) < 4.78 is 17.1. The van der Waals surface area contributed by atoms with E-state index >= 15 is 0 Å². The minimum atomic E-state index is -1.34. The van der Waals surface area contributed by atoms with E-state index < -0.39 is 28.8 Å². The number of benzene rings is 3. The number of hydrogen-bond acceptors (Lipinski definition) is 4. The van der Waals surface area contributed by atoms with Gasteiger partial charge < -0.3 is 10.1 Å². The van der Waals surface area contributed by atoms with Gasteiger partial charge in [0.15, 0.2) is 6.10 Å². The highest BCUT2D eigenvalue weighted by molar-refractivity contribution is 7.84. The van der Waals surface area contributed by atoms with Crippen LogP contribution in [-0.2, 0) is 20.3 Å². The zero-order chi connectivity index (χ0) is 20.8. The van der Waals surface area contributed by atoms with Crippen molar-refractivity contribution in [2.24, 2.45) is 0 Å². The van der Waals surface area contributed by atoms with Gasteiger partial charge in [-0.25, -0.2) is 4.79 Å². The number of nitrogens with one attached hydrogen (secondary N) is 1. The van der Waals surface area contributed by atoms with Gasteiger partial charge >= 0.3 is 5.97 Å². The number of amides is 1. The summed E-state index contributed by atoms with van der Waals surface area (Å²) in [6.45, 7) is 1.50. The first-order valence-electron chi connectivity index (χ1n) is 9.06. The molecule has 0 aliphatic heterocycles. The molecule has 3 aromatic carbocycles. The van der Waals surface area contributed by atoms with Crippen molar-refractivity contribution in [2.75, 3.05) is 11.6 Å². The third-order valence-corrected chi connectivity index (χ3v) is 5.31. The number of ether oxygens (including phenoxy) is 1. The van der Waals surface area contributed by atoms with Gasteiger partial charge in [0, 0.05) is 17.5 Å². The molecular weight excluding hydrogens is 386 g/mol. The quantitative estimate of drug-likeness (QED) is 0.619. The van der Waals surface area contributed by atoms with Crippen LogP contribution in [-0.4, -0.2) is 28.4 Å². The van der Waals surface area contributed by atoms with Crippen molar-refractivity contribution in [2.45, 2.75) is 17.9 Å². The molecule has 6 heteroatoms. The maximum absolute atomic E-state index is 12.6. The van der Waals surface area contributed by atoms with E-state index in [-0.39, 0.29) is 5.56 Å². The third-order valence-electron chi connectivity index (χ3n) is 4.34. The van der Waals surface area contributed by atoms with E-state index in [0.29, 0.717) is 10.6 Å². The molecule has 0 spiro atoms. The lowest BCUT2D eigenvalue weighted by Gasteiger charge is -2.16. The summed E-state index contributed by atoms with van der Waals surface area (Å²) in [4.78, 5) is 25.5. The van der Waals surface area contributed by atoms with E-state index in [1.54, 1.807) is 24.3 Å². The Balaban J connectivity index is 1.74. The van der Waals surface area contributed by atoms with E-state index in [0.717, 1.165) is 11.1 Å². The number of hydrogen-bond donors (Lipinski definition) is 1. The minimum Gasteiger partial charge on any atom is -0.449 e. The topological polar surface area (TPSA) is 72.5 Å². The second kappa shape index (κ2) is 9.30. The van der Waals surface area contributed by atoms with Crippen LogP contribution in [0, 0.1) is 0 Å². The lowest BCUT2D eigenvalue weighted by Crippen LogP contribution is -2.30. The molecule has 29 heavy (non-hydrogen) atoms. The number of carbonyl (C=O) groups is 2. The molecule has 0 fully saturated rings. The molecule has 148 valence electrons. The van der Waals surface area contributed by atoms with Crippen molar-refractivity contribution in [1.82, 2.24) is 0 Å². The van der Waals surface area contributed by atoms with Gasteiger partial charge in [0.25, 0.3) is 5.91 Å². The Morgan fingerprint density at radius 1 is 0.897 bits per heavy atom. The summed E-state index contributed by atoms with van der Waals surface area (Å²) in [5.74, 6) is -1.13. The van der Waals surface area contributed by atoms with Gasteiger partial charge in [-0.3, -0.25) is 9.00 Å². The Morgan fingerprint density at radius 3 is 2.24 bits per heavy atom. The summed E-state index contributed by atoms with van der Waals surface area (Å²) in [6, 6.07) is 23.6. The Hall–Kier alpha value is -3.25. The van der Waals surface area contributed by atoms with Gasteiger partial charge in [-0.15, -0.1) is 0 Å². The van der Waals surface area contributed by atoms with Gasteiger partial charge in [-0.05, 0) is 30.7 Å². The summed E-state index contributed by atoms with van der Waals surface area (Å²) >= 11 is 0. The maximum Gasteiger partial charge on any atom is 0.340 e. The lowest BCUT2D eigenvalue weighted by atomic mass is 10.0. The van der Waals surface area contributed by atoms with Crippen molar-refractivity contribution in [3.05, 3.63) is 84.4 Å². The molecule has 0 heterocycles. The Labute approximate surface area is 172 Å². The molecule has 0 saturated heterocycles. The lowest BCUT2D eigenvalue weighted by molar-refractivity contribution is -0.123. The monoisotopic (exact) mass is 407 g/mol. The molecule has 0 aromatic heterocycles. The minimum absolute atomic E-state index is 0.192. The Morgan fingerprint density at radius 2 is 1.52 bits per heavy atom. The number of esters is 1. The summed E-state index contributed by atoms with van der Waals surface area (Å²) in [5, 5.41) is 2.83. The molecule has 1 N–H and O–H groups in total. The highest BCUT2D eigenvalue weighted by Crippen LogP contribution is 2.27. The van der Waals surface area contributed by atoms with E-state index in [1.165, 1.54) is 19.2 Å². The average Bonchev–Trinajstić information content (AvgIpc) is 2.74. The first-order chi connectivity index (χ1) is 14.0. The predicted octanol–water partition coefficient (Wildman–Crippen LogP) is 4.28. The van der Waals surface area contributed by atoms with Gasteiger partial charge in [0.05, 0.1) is 21.3 Å². The number of carbonyl (C=O) groups excluding carboxylic acids is 2. The standard InChI is InChI=1S/C23H21NO4S/c1-16(28-23(26)19-13-7-9-15-21(19)29(2)27)22(25)24-20-14-8-6-12-18(20)17-10-4-3-5-11-17/h3-16H,1-2H3,(H,24,25)/t16-,29-/m1/s1. The molecule has 0 aliphatic rings. The Kier molecular flexibility index (Phi) is 6.57.